The Balaban J connectivity index is 4.09. The molecular formula is C19H34BrNO6. The fourth-order valence-corrected chi connectivity index (χ4v) is 2.82. The van der Waals surface area contributed by atoms with Crippen LogP contribution in [-0.4, -0.2) is 47.7 Å². The second-order valence-electron chi connectivity index (χ2n) is 7.19. The van der Waals surface area contributed by atoms with Crippen LogP contribution >= 0.6 is 15.9 Å². The number of alkyl halides is 1. The van der Waals surface area contributed by atoms with E-state index in [9.17, 15) is 14.4 Å². The van der Waals surface area contributed by atoms with Gasteiger partial charge in [0.05, 0.1) is 13.2 Å². The largest absolute Gasteiger partial charge is 0.465 e. The second kappa shape index (κ2) is 13.0. The molecule has 0 spiro atoms. The van der Waals surface area contributed by atoms with Crippen molar-refractivity contribution < 1.29 is 28.6 Å². The van der Waals surface area contributed by atoms with E-state index in [0.717, 1.165) is 25.7 Å². The summed E-state index contributed by atoms with van der Waals surface area (Å²) in [5.41, 5.74) is -0.496. The molecule has 0 bridgehead atoms. The SMILES string of the molecule is CCOC(=O)C(Br)(CCCCCCCNC(=O)OC(C)(C)C)C(=O)OCC. The molecule has 0 rings (SSSR count). The molecule has 0 unspecified atom stereocenters. The maximum absolute atomic E-state index is 12.1. The van der Waals surface area contributed by atoms with Gasteiger partial charge in [0.2, 0.25) is 4.32 Å². The minimum atomic E-state index is -1.43. The van der Waals surface area contributed by atoms with Gasteiger partial charge in [0, 0.05) is 6.54 Å². The van der Waals surface area contributed by atoms with Crippen LogP contribution < -0.4 is 5.32 Å². The monoisotopic (exact) mass is 451 g/mol. The van der Waals surface area contributed by atoms with Crippen molar-refractivity contribution in [1.29, 1.82) is 0 Å². The summed E-state index contributed by atoms with van der Waals surface area (Å²) in [6.07, 6.45) is 4.17. The van der Waals surface area contributed by atoms with E-state index in [1.807, 2.05) is 20.8 Å². The van der Waals surface area contributed by atoms with Crippen molar-refractivity contribution in [3.05, 3.63) is 0 Å². The first-order chi connectivity index (χ1) is 12.6. The van der Waals surface area contributed by atoms with Crippen molar-refractivity contribution in [2.75, 3.05) is 19.8 Å². The molecule has 158 valence electrons. The molecule has 0 saturated carbocycles. The predicted octanol–water partition coefficient (Wildman–Crippen LogP) is 4.11. The lowest BCUT2D eigenvalue weighted by atomic mass is 10.00. The van der Waals surface area contributed by atoms with Crippen LogP contribution in [0.4, 0.5) is 4.79 Å². The van der Waals surface area contributed by atoms with Gasteiger partial charge in [-0.2, -0.15) is 0 Å². The first-order valence-electron chi connectivity index (χ1n) is 9.57. The molecule has 7 nitrogen and oxygen atoms in total. The number of rotatable bonds is 12. The van der Waals surface area contributed by atoms with Crippen molar-refractivity contribution in [3.8, 4) is 0 Å². The Morgan fingerprint density at radius 2 is 1.33 bits per heavy atom. The number of hydrogen-bond donors (Lipinski definition) is 1. The standard InChI is InChI=1S/C19H34BrNO6/c1-6-25-15(22)19(20,16(23)26-7-2)13-11-9-8-10-12-14-21-17(24)27-18(3,4)5/h6-14H2,1-5H3,(H,21,24). The summed E-state index contributed by atoms with van der Waals surface area (Å²) in [4.78, 5) is 35.8. The van der Waals surface area contributed by atoms with Crippen molar-refractivity contribution in [1.82, 2.24) is 5.32 Å². The van der Waals surface area contributed by atoms with Gasteiger partial charge < -0.3 is 19.5 Å². The number of ether oxygens (including phenoxy) is 3. The van der Waals surface area contributed by atoms with Crippen LogP contribution in [0, 0.1) is 0 Å². The van der Waals surface area contributed by atoms with Crippen LogP contribution in [0.3, 0.4) is 0 Å². The average Bonchev–Trinajstić information content (AvgIpc) is 2.55. The number of alkyl carbamates (subject to hydrolysis) is 1. The Kier molecular flexibility index (Phi) is 12.3. The minimum Gasteiger partial charge on any atom is -0.465 e. The molecule has 0 heterocycles. The molecule has 0 aliphatic rings. The number of amides is 1. The molecule has 0 saturated heterocycles. The highest BCUT2D eigenvalue weighted by Crippen LogP contribution is 2.29. The first kappa shape index (κ1) is 25.7. The fourth-order valence-electron chi connectivity index (χ4n) is 2.31. The van der Waals surface area contributed by atoms with Crippen LogP contribution in [0.15, 0.2) is 0 Å². The number of esters is 2. The topological polar surface area (TPSA) is 90.9 Å². The maximum atomic E-state index is 12.1. The lowest BCUT2D eigenvalue weighted by molar-refractivity contribution is -0.158. The van der Waals surface area contributed by atoms with Crippen LogP contribution in [0.25, 0.3) is 0 Å². The Bertz CT molecular complexity index is 457. The smallest absolute Gasteiger partial charge is 0.407 e. The normalized spacial score (nSPS) is 11.6. The van der Waals surface area contributed by atoms with Gasteiger partial charge in [-0.3, -0.25) is 0 Å². The number of halogens is 1. The van der Waals surface area contributed by atoms with E-state index in [4.69, 9.17) is 14.2 Å². The molecule has 0 aliphatic heterocycles. The maximum Gasteiger partial charge on any atom is 0.407 e. The first-order valence-corrected chi connectivity index (χ1v) is 10.4. The van der Waals surface area contributed by atoms with E-state index in [-0.39, 0.29) is 13.2 Å². The van der Waals surface area contributed by atoms with Crippen molar-refractivity contribution in [3.63, 3.8) is 0 Å². The van der Waals surface area contributed by atoms with Crippen molar-refractivity contribution in [2.45, 2.75) is 83.1 Å². The molecule has 0 atom stereocenters. The van der Waals surface area contributed by atoms with Gasteiger partial charge in [-0.1, -0.05) is 41.6 Å². The van der Waals surface area contributed by atoms with Crippen molar-refractivity contribution in [2.24, 2.45) is 0 Å². The number of hydrogen-bond acceptors (Lipinski definition) is 6. The van der Waals surface area contributed by atoms with E-state index < -0.39 is 28.0 Å². The third kappa shape index (κ3) is 11.2. The summed E-state index contributed by atoms with van der Waals surface area (Å²) >= 11 is 3.24. The summed E-state index contributed by atoms with van der Waals surface area (Å²) in [5.74, 6) is -1.21. The van der Waals surface area contributed by atoms with Gasteiger partial charge in [-0.05, 0) is 47.5 Å². The molecule has 27 heavy (non-hydrogen) atoms. The average molecular weight is 452 g/mol. The lowest BCUT2D eigenvalue weighted by Gasteiger charge is -2.23. The highest BCUT2D eigenvalue weighted by atomic mass is 79.9. The van der Waals surface area contributed by atoms with Crippen LogP contribution in [0.1, 0.15) is 73.1 Å². The van der Waals surface area contributed by atoms with Gasteiger partial charge in [0.15, 0.2) is 0 Å². The summed E-state index contributed by atoms with van der Waals surface area (Å²) in [6.45, 7) is 9.83. The third-order valence-corrected chi connectivity index (χ3v) is 4.61. The highest BCUT2D eigenvalue weighted by Gasteiger charge is 2.46. The summed E-state index contributed by atoms with van der Waals surface area (Å²) in [5, 5.41) is 2.72. The van der Waals surface area contributed by atoms with Gasteiger partial charge in [-0.15, -0.1) is 0 Å². The van der Waals surface area contributed by atoms with Crippen molar-refractivity contribution >= 4 is 34.0 Å². The van der Waals surface area contributed by atoms with Crippen LogP contribution in [0.5, 0.6) is 0 Å². The van der Waals surface area contributed by atoms with E-state index in [1.54, 1.807) is 13.8 Å². The zero-order valence-electron chi connectivity index (χ0n) is 17.2. The minimum absolute atomic E-state index is 0.205. The van der Waals surface area contributed by atoms with Gasteiger partial charge >= 0.3 is 18.0 Å². The molecular weight excluding hydrogens is 418 g/mol. The van der Waals surface area contributed by atoms with E-state index in [1.165, 1.54) is 0 Å². The highest BCUT2D eigenvalue weighted by molar-refractivity contribution is 9.10. The number of carbonyl (C=O) groups excluding carboxylic acids is 3. The second-order valence-corrected chi connectivity index (χ2v) is 8.54. The summed E-state index contributed by atoms with van der Waals surface area (Å²) < 4.78 is 13.7. The molecule has 0 aliphatic carbocycles. The quantitative estimate of drug-likeness (QED) is 0.158. The van der Waals surface area contributed by atoms with Gasteiger partial charge in [0.1, 0.15) is 5.60 Å². The molecule has 8 heteroatoms. The van der Waals surface area contributed by atoms with Gasteiger partial charge in [0.25, 0.3) is 0 Å². The fraction of sp³-hybridized carbons (Fsp3) is 0.842. The zero-order valence-corrected chi connectivity index (χ0v) is 18.8. The molecule has 0 aromatic carbocycles. The molecule has 0 radical (unpaired) electrons. The third-order valence-electron chi connectivity index (χ3n) is 3.56. The lowest BCUT2D eigenvalue weighted by Crippen LogP contribution is -2.43. The van der Waals surface area contributed by atoms with Crippen LogP contribution in [-0.2, 0) is 23.8 Å². The number of nitrogens with one attached hydrogen (secondary N) is 1. The predicted molar refractivity (Wildman–Crippen MR) is 107 cm³/mol. The summed E-state index contributed by atoms with van der Waals surface area (Å²) in [7, 11) is 0. The Morgan fingerprint density at radius 3 is 1.81 bits per heavy atom. The van der Waals surface area contributed by atoms with E-state index in [2.05, 4.69) is 21.2 Å². The van der Waals surface area contributed by atoms with Gasteiger partial charge in [-0.25, -0.2) is 14.4 Å². The Hall–Kier alpha value is -1.31. The van der Waals surface area contributed by atoms with E-state index >= 15 is 0 Å². The molecule has 0 aromatic heterocycles. The van der Waals surface area contributed by atoms with E-state index in [0.29, 0.717) is 19.4 Å². The Labute approximate surface area is 171 Å². The molecule has 0 fully saturated rings. The molecule has 1 N–H and O–H groups in total. The van der Waals surface area contributed by atoms with Crippen LogP contribution in [0.2, 0.25) is 0 Å². The number of unbranched alkanes of at least 4 members (excludes halogenated alkanes) is 4. The molecule has 1 amide bonds. The summed E-state index contributed by atoms with van der Waals surface area (Å²) in [6, 6.07) is 0. The zero-order chi connectivity index (χ0) is 20.9. The Morgan fingerprint density at radius 1 is 0.852 bits per heavy atom. The number of carbonyl (C=O) groups is 3. The molecule has 0 aromatic rings.